The van der Waals surface area contributed by atoms with Crippen LogP contribution in [-0.2, 0) is 11.3 Å². The van der Waals surface area contributed by atoms with Crippen LogP contribution in [0.1, 0.15) is 32.9 Å². The van der Waals surface area contributed by atoms with Crippen LogP contribution in [0.25, 0.3) is 5.65 Å². The maximum Gasteiger partial charge on any atom is 0.357 e. The Morgan fingerprint density at radius 2 is 1.86 bits per heavy atom. The smallest absolute Gasteiger partial charge is 0.357 e. The summed E-state index contributed by atoms with van der Waals surface area (Å²) in [4.78, 5) is 16.9. The number of hydrogen-bond acceptors (Lipinski definition) is 3. The van der Waals surface area contributed by atoms with Crippen molar-refractivity contribution in [2.45, 2.75) is 27.4 Å². The molecular formula is C18H18N2O2. The number of nitrogens with zero attached hydrogens (tertiary/aromatic N) is 2. The summed E-state index contributed by atoms with van der Waals surface area (Å²) in [5, 5.41) is 0. The van der Waals surface area contributed by atoms with Gasteiger partial charge in [-0.15, -0.1) is 0 Å². The molecule has 3 rings (SSSR count). The Bertz CT molecular complexity index is 832. The number of benzene rings is 1. The van der Waals surface area contributed by atoms with E-state index >= 15 is 0 Å². The van der Waals surface area contributed by atoms with Crippen LogP contribution in [-0.4, -0.2) is 15.4 Å². The van der Waals surface area contributed by atoms with E-state index in [-0.39, 0.29) is 12.6 Å². The number of imidazole rings is 1. The predicted octanol–water partition coefficient (Wildman–Crippen LogP) is 3.62. The molecule has 22 heavy (non-hydrogen) atoms. The number of aromatic nitrogens is 2. The topological polar surface area (TPSA) is 43.6 Å². The lowest BCUT2D eigenvalue weighted by Crippen LogP contribution is -2.10. The van der Waals surface area contributed by atoms with Crippen molar-refractivity contribution in [2.24, 2.45) is 0 Å². The molecule has 0 N–H and O–H groups in total. The minimum atomic E-state index is -0.351. The second kappa shape index (κ2) is 5.64. The molecule has 0 aliphatic rings. The first-order chi connectivity index (χ1) is 10.6. The minimum absolute atomic E-state index is 0.262. The van der Waals surface area contributed by atoms with Crippen molar-refractivity contribution in [3.8, 4) is 0 Å². The molecule has 2 heterocycles. The number of fused-ring (bicyclic) bond motifs is 1. The molecule has 0 amide bonds. The van der Waals surface area contributed by atoms with Crippen LogP contribution in [0.15, 0.2) is 42.6 Å². The molecule has 0 spiro atoms. The largest absolute Gasteiger partial charge is 0.456 e. The third-order valence-corrected chi connectivity index (χ3v) is 3.70. The minimum Gasteiger partial charge on any atom is -0.456 e. The molecule has 3 aromatic rings. The van der Waals surface area contributed by atoms with Crippen LogP contribution in [0.3, 0.4) is 0 Å². The van der Waals surface area contributed by atoms with Crippen LogP contribution < -0.4 is 0 Å². The predicted molar refractivity (Wildman–Crippen MR) is 85.0 cm³/mol. The molecular weight excluding hydrogens is 276 g/mol. The van der Waals surface area contributed by atoms with Gasteiger partial charge in [0.2, 0.25) is 0 Å². The highest BCUT2D eigenvalue weighted by atomic mass is 16.5. The SMILES string of the molecule is Cc1ccc(COC(=O)c2c(C)nc3c(C)cccn23)cc1. The fourth-order valence-corrected chi connectivity index (χ4v) is 2.46. The Labute approximate surface area is 129 Å². The fourth-order valence-electron chi connectivity index (χ4n) is 2.46. The number of pyridine rings is 1. The molecule has 0 aliphatic carbocycles. The molecule has 0 unspecified atom stereocenters. The molecule has 0 radical (unpaired) electrons. The number of carbonyl (C=O) groups excluding carboxylic acids is 1. The van der Waals surface area contributed by atoms with Crippen molar-refractivity contribution >= 4 is 11.6 Å². The zero-order valence-corrected chi connectivity index (χ0v) is 13.0. The third-order valence-electron chi connectivity index (χ3n) is 3.70. The Kier molecular flexibility index (Phi) is 3.67. The van der Waals surface area contributed by atoms with Crippen molar-refractivity contribution in [2.75, 3.05) is 0 Å². The zero-order valence-electron chi connectivity index (χ0n) is 13.0. The highest BCUT2D eigenvalue weighted by Gasteiger charge is 2.18. The van der Waals surface area contributed by atoms with Crippen LogP contribution in [0.4, 0.5) is 0 Å². The summed E-state index contributed by atoms with van der Waals surface area (Å²) in [5.41, 5.74) is 5.16. The van der Waals surface area contributed by atoms with E-state index in [4.69, 9.17) is 4.74 Å². The van der Waals surface area contributed by atoms with Crippen molar-refractivity contribution in [1.82, 2.24) is 9.38 Å². The number of esters is 1. The van der Waals surface area contributed by atoms with E-state index in [1.165, 1.54) is 5.56 Å². The highest BCUT2D eigenvalue weighted by molar-refractivity contribution is 5.90. The van der Waals surface area contributed by atoms with Gasteiger partial charge in [-0.05, 0) is 38.0 Å². The number of rotatable bonds is 3. The van der Waals surface area contributed by atoms with Crippen molar-refractivity contribution < 1.29 is 9.53 Å². The maximum absolute atomic E-state index is 12.4. The van der Waals surface area contributed by atoms with Crippen LogP contribution in [0, 0.1) is 20.8 Å². The van der Waals surface area contributed by atoms with Crippen molar-refractivity contribution in [1.29, 1.82) is 0 Å². The van der Waals surface area contributed by atoms with Gasteiger partial charge in [-0.1, -0.05) is 35.9 Å². The van der Waals surface area contributed by atoms with E-state index in [0.717, 1.165) is 16.8 Å². The van der Waals surface area contributed by atoms with E-state index in [9.17, 15) is 4.79 Å². The summed E-state index contributed by atoms with van der Waals surface area (Å²) in [7, 11) is 0. The molecule has 4 heteroatoms. The number of hydrogen-bond donors (Lipinski definition) is 0. The van der Waals surface area contributed by atoms with Gasteiger partial charge in [0.25, 0.3) is 0 Å². The first-order valence-electron chi connectivity index (χ1n) is 7.23. The average molecular weight is 294 g/mol. The Morgan fingerprint density at radius 1 is 1.14 bits per heavy atom. The van der Waals surface area contributed by atoms with Gasteiger partial charge in [-0.3, -0.25) is 4.40 Å². The van der Waals surface area contributed by atoms with Crippen LogP contribution in [0.2, 0.25) is 0 Å². The molecule has 0 atom stereocenters. The van der Waals surface area contributed by atoms with Crippen molar-refractivity contribution in [3.05, 3.63) is 70.7 Å². The molecule has 112 valence electrons. The first kappa shape index (κ1) is 14.3. The van der Waals surface area contributed by atoms with Gasteiger partial charge in [0.05, 0.1) is 5.69 Å². The molecule has 2 aromatic heterocycles. The summed E-state index contributed by atoms with van der Waals surface area (Å²) in [5.74, 6) is -0.351. The fraction of sp³-hybridized carbons (Fsp3) is 0.222. The quantitative estimate of drug-likeness (QED) is 0.693. The van der Waals surface area contributed by atoms with Crippen molar-refractivity contribution in [3.63, 3.8) is 0 Å². The molecule has 0 bridgehead atoms. The normalized spacial score (nSPS) is 10.9. The highest BCUT2D eigenvalue weighted by Crippen LogP contribution is 2.17. The van der Waals surface area contributed by atoms with E-state index < -0.39 is 0 Å². The lowest BCUT2D eigenvalue weighted by atomic mass is 10.2. The second-order valence-corrected chi connectivity index (χ2v) is 5.49. The Morgan fingerprint density at radius 3 is 2.59 bits per heavy atom. The standard InChI is InChI=1S/C18H18N2O2/c1-12-6-8-15(9-7-12)11-22-18(21)16-14(3)19-17-13(2)5-4-10-20(16)17/h4-10H,11H2,1-3H3. The number of carbonyl (C=O) groups is 1. The Balaban J connectivity index is 1.85. The molecule has 1 aromatic carbocycles. The summed E-state index contributed by atoms with van der Waals surface area (Å²) in [6, 6.07) is 11.8. The van der Waals surface area contributed by atoms with Gasteiger partial charge < -0.3 is 4.74 Å². The van der Waals surface area contributed by atoms with Crippen LogP contribution in [0.5, 0.6) is 0 Å². The van der Waals surface area contributed by atoms with Gasteiger partial charge in [0.1, 0.15) is 12.3 Å². The summed E-state index contributed by atoms with van der Waals surface area (Å²) in [6.45, 7) is 6.09. The van der Waals surface area contributed by atoms with Gasteiger partial charge in [-0.25, -0.2) is 9.78 Å². The van der Waals surface area contributed by atoms with Gasteiger partial charge >= 0.3 is 5.97 Å². The van der Waals surface area contributed by atoms with Gasteiger partial charge in [-0.2, -0.15) is 0 Å². The monoisotopic (exact) mass is 294 g/mol. The number of ether oxygens (including phenoxy) is 1. The van der Waals surface area contributed by atoms with Gasteiger partial charge in [0.15, 0.2) is 5.69 Å². The number of aryl methyl sites for hydroxylation is 3. The lowest BCUT2D eigenvalue weighted by molar-refractivity contribution is 0.0463. The average Bonchev–Trinajstić information content (AvgIpc) is 2.84. The van der Waals surface area contributed by atoms with Crippen LogP contribution >= 0.6 is 0 Å². The Hall–Kier alpha value is -2.62. The summed E-state index contributed by atoms with van der Waals surface area (Å²) in [6.07, 6.45) is 1.84. The third kappa shape index (κ3) is 2.60. The molecule has 0 aliphatic heterocycles. The van der Waals surface area contributed by atoms with Gasteiger partial charge in [0, 0.05) is 6.20 Å². The molecule has 4 nitrogen and oxygen atoms in total. The van der Waals surface area contributed by atoms with E-state index in [0.29, 0.717) is 11.4 Å². The molecule has 0 saturated heterocycles. The van der Waals surface area contributed by atoms with E-state index in [2.05, 4.69) is 4.98 Å². The second-order valence-electron chi connectivity index (χ2n) is 5.49. The lowest BCUT2D eigenvalue weighted by Gasteiger charge is -2.06. The summed E-state index contributed by atoms with van der Waals surface area (Å²) < 4.78 is 7.24. The van der Waals surface area contributed by atoms with E-state index in [1.807, 2.05) is 63.4 Å². The maximum atomic E-state index is 12.4. The van der Waals surface area contributed by atoms with E-state index in [1.54, 1.807) is 4.40 Å². The first-order valence-corrected chi connectivity index (χ1v) is 7.23. The zero-order chi connectivity index (χ0) is 15.7. The molecule has 0 saturated carbocycles. The summed E-state index contributed by atoms with van der Waals surface area (Å²) >= 11 is 0. The molecule has 0 fully saturated rings.